The fourth-order valence-corrected chi connectivity index (χ4v) is 2.60. The van der Waals surface area contributed by atoms with Crippen LogP contribution in [0, 0.1) is 0 Å². The van der Waals surface area contributed by atoms with Crippen molar-refractivity contribution < 1.29 is 14.3 Å². The van der Waals surface area contributed by atoms with E-state index in [0.717, 1.165) is 0 Å². The number of tetrazole rings is 1. The Bertz CT molecular complexity index is 1000. The molecule has 144 valence electrons. The second kappa shape index (κ2) is 8.49. The molecule has 0 spiro atoms. The van der Waals surface area contributed by atoms with Gasteiger partial charge in [-0.2, -0.15) is 4.80 Å². The molecule has 3 aromatic rings. The van der Waals surface area contributed by atoms with Crippen LogP contribution in [0.1, 0.15) is 6.92 Å². The molecule has 0 bridgehead atoms. The molecule has 0 saturated carbocycles. The number of methoxy groups -OCH3 is 1. The van der Waals surface area contributed by atoms with Gasteiger partial charge in [-0.15, -0.1) is 10.2 Å². The van der Waals surface area contributed by atoms with Crippen molar-refractivity contribution in [3.63, 3.8) is 0 Å². The third-order valence-corrected chi connectivity index (χ3v) is 3.96. The summed E-state index contributed by atoms with van der Waals surface area (Å²) in [6.07, 6.45) is 0. The quantitative estimate of drug-likeness (QED) is 0.657. The first-order valence-corrected chi connectivity index (χ1v) is 8.61. The van der Waals surface area contributed by atoms with Crippen molar-refractivity contribution in [3.8, 4) is 17.1 Å². The minimum atomic E-state index is -0.298. The van der Waals surface area contributed by atoms with Crippen LogP contribution in [0.25, 0.3) is 11.4 Å². The molecule has 0 unspecified atom stereocenters. The number of carbonyl (C=O) groups excluding carboxylic acids is 2. The zero-order chi connectivity index (χ0) is 20.1. The van der Waals surface area contributed by atoms with Crippen LogP contribution in [0.15, 0.2) is 42.5 Å². The van der Waals surface area contributed by atoms with Gasteiger partial charge in [-0.1, -0.05) is 11.6 Å². The minimum Gasteiger partial charge on any atom is -0.497 e. The highest BCUT2D eigenvalue weighted by Gasteiger charge is 2.12. The summed E-state index contributed by atoms with van der Waals surface area (Å²) in [5.41, 5.74) is 1.73. The predicted molar refractivity (Wildman–Crippen MR) is 104 cm³/mol. The van der Waals surface area contributed by atoms with Gasteiger partial charge >= 0.3 is 0 Å². The van der Waals surface area contributed by atoms with E-state index in [2.05, 4.69) is 26.0 Å². The lowest BCUT2D eigenvalue weighted by molar-refractivity contribution is -0.117. The van der Waals surface area contributed by atoms with Crippen LogP contribution < -0.4 is 15.4 Å². The molecule has 2 N–H and O–H groups in total. The van der Waals surface area contributed by atoms with Crippen molar-refractivity contribution >= 4 is 34.8 Å². The van der Waals surface area contributed by atoms with E-state index in [0.29, 0.717) is 33.5 Å². The van der Waals surface area contributed by atoms with Gasteiger partial charge in [-0.05, 0) is 47.7 Å². The van der Waals surface area contributed by atoms with E-state index in [9.17, 15) is 9.59 Å². The van der Waals surface area contributed by atoms with E-state index < -0.39 is 0 Å². The number of benzene rings is 2. The second-order valence-electron chi connectivity index (χ2n) is 5.80. The number of rotatable bonds is 6. The largest absolute Gasteiger partial charge is 0.497 e. The van der Waals surface area contributed by atoms with Crippen molar-refractivity contribution in [2.45, 2.75) is 13.5 Å². The van der Waals surface area contributed by atoms with Gasteiger partial charge in [-0.3, -0.25) is 9.59 Å². The van der Waals surface area contributed by atoms with Crippen LogP contribution in [-0.4, -0.2) is 39.1 Å². The normalized spacial score (nSPS) is 10.4. The Labute approximate surface area is 165 Å². The Hall–Kier alpha value is -3.46. The van der Waals surface area contributed by atoms with Crippen LogP contribution in [-0.2, 0) is 16.1 Å². The lowest BCUT2D eigenvalue weighted by Crippen LogP contribution is -2.20. The number of hydrogen-bond acceptors (Lipinski definition) is 6. The lowest BCUT2D eigenvalue weighted by atomic mass is 10.2. The second-order valence-corrected chi connectivity index (χ2v) is 6.20. The van der Waals surface area contributed by atoms with Crippen LogP contribution in [0.5, 0.6) is 5.75 Å². The van der Waals surface area contributed by atoms with Gasteiger partial charge in [0.05, 0.1) is 17.8 Å². The van der Waals surface area contributed by atoms with Crippen molar-refractivity contribution in [2.75, 3.05) is 17.7 Å². The summed E-state index contributed by atoms with van der Waals surface area (Å²) in [5.74, 6) is 0.493. The van der Waals surface area contributed by atoms with Gasteiger partial charge in [0.2, 0.25) is 17.6 Å². The summed E-state index contributed by atoms with van der Waals surface area (Å²) in [7, 11) is 1.57. The molecule has 0 saturated heterocycles. The Morgan fingerprint density at radius 3 is 2.54 bits per heavy atom. The predicted octanol–water partition coefficient (Wildman–Crippen LogP) is 2.60. The average Bonchev–Trinajstić information content (AvgIpc) is 3.12. The van der Waals surface area contributed by atoms with Gasteiger partial charge in [-0.25, -0.2) is 0 Å². The van der Waals surface area contributed by atoms with E-state index in [1.54, 1.807) is 49.6 Å². The first kappa shape index (κ1) is 19.3. The smallest absolute Gasteiger partial charge is 0.248 e. The number of halogens is 1. The fourth-order valence-electron chi connectivity index (χ4n) is 2.37. The van der Waals surface area contributed by atoms with E-state index in [-0.39, 0.29) is 18.4 Å². The number of amides is 2. The van der Waals surface area contributed by atoms with Crippen molar-refractivity contribution in [1.29, 1.82) is 0 Å². The molecule has 10 heteroatoms. The maximum absolute atomic E-state index is 12.2. The molecule has 0 atom stereocenters. The molecular weight excluding hydrogens is 384 g/mol. The fraction of sp³-hybridized carbons (Fsp3) is 0.167. The third kappa shape index (κ3) is 4.83. The van der Waals surface area contributed by atoms with Crippen LogP contribution in [0.4, 0.5) is 11.4 Å². The Kier molecular flexibility index (Phi) is 5.85. The number of hydrogen-bond donors (Lipinski definition) is 2. The Morgan fingerprint density at radius 2 is 1.89 bits per heavy atom. The number of anilines is 2. The topological polar surface area (TPSA) is 111 Å². The maximum Gasteiger partial charge on any atom is 0.248 e. The van der Waals surface area contributed by atoms with Gasteiger partial charge in [0.25, 0.3) is 0 Å². The molecule has 1 heterocycles. The van der Waals surface area contributed by atoms with Gasteiger partial charge < -0.3 is 15.4 Å². The zero-order valence-corrected chi connectivity index (χ0v) is 15.9. The molecule has 2 amide bonds. The molecule has 2 aromatic carbocycles. The number of aromatic nitrogens is 4. The molecule has 28 heavy (non-hydrogen) atoms. The first-order valence-electron chi connectivity index (χ1n) is 8.24. The van der Waals surface area contributed by atoms with E-state index in [1.165, 1.54) is 11.7 Å². The first-order chi connectivity index (χ1) is 13.4. The Balaban J connectivity index is 1.65. The zero-order valence-electron chi connectivity index (χ0n) is 15.1. The number of nitrogens with one attached hydrogen (secondary N) is 2. The summed E-state index contributed by atoms with van der Waals surface area (Å²) in [6.45, 7) is 1.30. The van der Waals surface area contributed by atoms with Gasteiger partial charge in [0.15, 0.2) is 0 Å². The molecule has 0 fully saturated rings. The summed E-state index contributed by atoms with van der Waals surface area (Å²) >= 11 is 6.16. The van der Waals surface area contributed by atoms with Crippen molar-refractivity contribution in [2.24, 2.45) is 0 Å². The summed E-state index contributed by atoms with van der Waals surface area (Å²) in [4.78, 5) is 24.5. The molecular formula is C18H17ClN6O3. The summed E-state index contributed by atoms with van der Waals surface area (Å²) < 4.78 is 5.07. The number of nitrogens with zero attached hydrogens (tertiary/aromatic N) is 4. The molecule has 3 rings (SSSR count). The highest BCUT2D eigenvalue weighted by atomic mass is 35.5. The van der Waals surface area contributed by atoms with Crippen LogP contribution in [0.3, 0.4) is 0 Å². The highest BCUT2D eigenvalue weighted by molar-refractivity contribution is 6.34. The summed E-state index contributed by atoms with van der Waals surface area (Å²) in [5, 5.41) is 17.7. The molecule has 1 aromatic heterocycles. The standard InChI is InChI=1S/C18H17ClN6O3/c1-11(26)20-16-8-3-12(9-15(16)19)18-22-24-25(23-18)10-17(27)21-13-4-6-14(28-2)7-5-13/h3-9H,10H2,1-2H3,(H,20,26)(H,21,27). The lowest BCUT2D eigenvalue weighted by Gasteiger charge is -2.06. The molecule has 0 aliphatic carbocycles. The summed E-state index contributed by atoms with van der Waals surface area (Å²) in [6, 6.07) is 11.9. The average molecular weight is 401 g/mol. The number of ether oxygens (including phenoxy) is 1. The monoisotopic (exact) mass is 400 g/mol. The van der Waals surface area contributed by atoms with Crippen LogP contribution >= 0.6 is 11.6 Å². The van der Waals surface area contributed by atoms with Crippen LogP contribution in [0.2, 0.25) is 5.02 Å². The maximum atomic E-state index is 12.2. The van der Waals surface area contributed by atoms with Gasteiger partial charge in [0.1, 0.15) is 12.3 Å². The Morgan fingerprint density at radius 1 is 1.14 bits per heavy atom. The highest BCUT2D eigenvalue weighted by Crippen LogP contribution is 2.26. The van der Waals surface area contributed by atoms with E-state index in [1.807, 2.05) is 0 Å². The molecule has 0 aliphatic heterocycles. The van der Waals surface area contributed by atoms with E-state index >= 15 is 0 Å². The number of carbonyl (C=O) groups is 2. The van der Waals surface area contributed by atoms with Crippen molar-refractivity contribution in [1.82, 2.24) is 20.2 Å². The molecule has 0 aliphatic rings. The van der Waals surface area contributed by atoms with Gasteiger partial charge in [0, 0.05) is 18.2 Å². The molecule has 9 nitrogen and oxygen atoms in total. The molecule has 0 radical (unpaired) electrons. The third-order valence-electron chi connectivity index (χ3n) is 3.65. The minimum absolute atomic E-state index is 0.100. The van der Waals surface area contributed by atoms with E-state index in [4.69, 9.17) is 16.3 Å². The van der Waals surface area contributed by atoms with Crippen molar-refractivity contribution in [3.05, 3.63) is 47.5 Å². The SMILES string of the molecule is COc1ccc(NC(=O)Cn2nnc(-c3ccc(NC(C)=O)c(Cl)c3)n2)cc1.